The average Bonchev–Trinajstić information content (AvgIpc) is 3.54. The fourth-order valence-corrected chi connectivity index (χ4v) is 7.02. The van der Waals surface area contributed by atoms with Crippen LogP contribution in [0.2, 0.25) is 0 Å². The van der Waals surface area contributed by atoms with Crippen LogP contribution in [0.5, 0.6) is 5.75 Å². The molecule has 4 heterocycles. The van der Waals surface area contributed by atoms with Crippen LogP contribution < -0.4 is 10.1 Å². The lowest BCUT2D eigenvalue weighted by molar-refractivity contribution is -0.119. The monoisotopic (exact) mass is 577 g/mol. The summed E-state index contributed by atoms with van der Waals surface area (Å²) in [6.07, 6.45) is 10.9. The number of halogens is 1. The van der Waals surface area contributed by atoms with E-state index in [1.54, 1.807) is 13.3 Å². The Bertz CT molecular complexity index is 1450. The van der Waals surface area contributed by atoms with Gasteiger partial charge in [0.05, 0.1) is 29.7 Å². The minimum Gasteiger partial charge on any atom is -0.495 e. The Morgan fingerprint density at radius 1 is 1.10 bits per heavy atom. The van der Waals surface area contributed by atoms with Crippen LogP contribution >= 0.6 is 11.6 Å². The first-order chi connectivity index (χ1) is 19.8. The number of nitrogens with zero attached hydrogens (tertiary/aromatic N) is 6. The summed E-state index contributed by atoms with van der Waals surface area (Å²) >= 11 is 6.16. The van der Waals surface area contributed by atoms with Gasteiger partial charge in [-0.05, 0) is 51.8 Å². The number of fused-ring (bicyclic) bond motifs is 1. The number of aryl methyl sites for hydroxylation is 1. The second-order valence-electron chi connectivity index (χ2n) is 11.8. The smallest absolute Gasteiger partial charge is 0.247 e. The number of hydrogen-bond donors (Lipinski definition) is 1. The third kappa shape index (κ3) is 5.55. The molecule has 2 fully saturated rings. The van der Waals surface area contributed by atoms with Crippen LogP contribution in [0.1, 0.15) is 49.5 Å². The molecule has 1 amide bonds. The number of piperazine rings is 1. The molecule has 9 nitrogen and oxygen atoms in total. The van der Waals surface area contributed by atoms with E-state index in [2.05, 4.69) is 31.5 Å². The Morgan fingerprint density at radius 3 is 2.54 bits per heavy atom. The first-order valence-corrected chi connectivity index (χ1v) is 15.0. The van der Waals surface area contributed by atoms with Gasteiger partial charge in [0.15, 0.2) is 0 Å². The Hall–Kier alpha value is -3.14. The van der Waals surface area contributed by atoms with E-state index in [4.69, 9.17) is 21.3 Å². The van der Waals surface area contributed by atoms with Crippen molar-refractivity contribution in [2.24, 2.45) is 0 Å². The first kappa shape index (κ1) is 28.0. The molecule has 1 N–H and O–H groups in total. The maximum atomic E-state index is 13.0. The summed E-state index contributed by atoms with van der Waals surface area (Å²) in [4.78, 5) is 29.8. The number of carbonyl (C=O) groups is 1. The Kier molecular flexibility index (Phi) is 7.94. The van der Waals surface area contributed by atoms with Crippen molar-refractivity contribution >= 4 is 28.7 Å². The third-order valence-electron chi connectivity index (χ3n) is 9.14. The summed E-state index contributed by atoms with van der Waals surface area (Å²) in [5, 5.41) is 3.71. The van der Waals surface area contributed by atoms with Gasteiger partial charge in [-0.1, -0.05) is 17.7 Å². The molecule has 0 bridgehead atoms. The van der Waals surface area contributed by atoms with Crippen LogP contribution in [0, 0.1) is 6.92 Å². The third-order valence-corrected chi connectivity index (χ3v) is 9.39. The zero-order chi connectivity index (χ0) is 28.7. The van der Waals surface area contributed by atoms with Gasteiger partial charge in [-0.25, -0.2) is 4.98 Å². The van der Waals surface area contributed by atoms with Crippen LogP contribution in [-0.4, -0.2) is 94.4 Å². The van der Waals surface area contributed by atoms with E-state index in [1.165, 1.54) is 25.9 Å². The van der Waals surface area contributed by atoms with E-state index >= 15 is 0 Å². The Morgan fingerprint density at radius 2 is 1.85 bits per heavy atom. The lowest BCUT2D eigenvalue weighted by Gasteiger charge is -2.41. The molecule has 218 valence electrons. The molecule has 1 atom stereocenters. The van der Waals surface area contributed by atoms with Crippen LogP contribution in [-0.2, 0) is 4.79 Å². The van der Waals surface area contributed by atoms with Crippen molar-refractivity contribution in [2.75, 3.05) is 52.7 Å². The summed E-state index contributed by atoms with van der Waals surface area (Å²) in [6, 6.07) is 6.20. The summed E-state index contributed by atoms with van der Waals surface area (Å²) in [7, 11) is 5.70. The Balaban J connectivity index is 1.25. The standard InChI is InChI=1S/C31H40ClN7O2/c1-20-29-28(22-7-10-25(27(17-22)41-4)34-31(40)26-18-23(32)19-37(26)3)35-30(39(29)12-11-33-20)21-5-8-24(9-6-21)38-15-13-36(2)14-16-38/h7,10-12,17,19,21,24,26H,5-6,8-9,13-16,18H2,1-4H3,(H,34,40)/t21-,24-,26?. The largest absolute Gasteiger partial charge is 0.495 e. The first-order valence-electron chi connectivity index (χ1n) is 14.7. The molecule has 2 aromatic heterocycles. The molecule has 1 saturated carbocycles. The predicted octanol–water partition coefficient (Wildman–Crippen LogP) is 4.71. The second-order valence-corrected chi connectivity index (χ2v) is 12.2. The van der Waals surface area contributed by atoms with Crippen LogP contribution in [0.4, 0.5) is 5.69 Å². The summed E-state index contributed by atoms with van der Waals surface area (Å²) in [5.41, 5.74) is 4.43. The zero-order valence-electron chi connectivity index (χ0n) is 24.4. The highest BCUT2D eigenvalue weighted by molar-refractivity contribution is 6.30. The number of aromatic nitrogens is 3. The van der Waals surface area contributed by atoms with Crippen molar-refractivity contribution in [3.8, 4) is 17.0 Å². The molecule has 2 aliphatic heterocycles. The van der Waals surface area contributed by atoms with E-state index in [-0.39, 0.29) is 11.9 Å². The van der Waals surface area contributed by atoms with Crippen molar-refractivity contribution in [2.45, 2.75) is 57.0 Å². The topological polar surface area (TPSA) is 78.2 Å². The minimum atomic E-state index is -0.341. The van der Waals surface area contributed by atoms with Gasteiger partial charge < -0.3 is 19.9 Å². The van der Waals surface area contributed by atoms with E-state index in [1.807, 2.05) is 49.5 Å². The van der Waals surface area contributed by atoms with Crippen molar-refractivity contribution in [3.05, 3.63) is 53.3 Å². The molecule has 1 aromatic carbocycles. The molecule has 1 saturated heterocycles. The number of imidazole rings is 1. The van der Waals surface area contributed by atoms with E-state index in [0.717, 1.165) is 54.2 Å². The number of rotatable bonds is 6. The summed E-state index contributed by atoms with van der Waals surface area (Å²) in [5.74, 6) is 1.99. The summed E-state index contributed by atoms with van der Waals surface area (Å²) in [6.45, 7) is 6.71. The number of nitrogens with one attached hydrogen (secondary N) is 1. The average molecular weight is 578 g/mol. The van der Waals surface area contributed by atoms with Gasteiger partial charge in [-0.2, -0.15) is 0 Å². The molecular weight excluding hydrogens is 538 g/mol. The predicted molar refractivity (Wildman–Crippen MR) is 163 cm³/mol. The fourth-order valence-electron chi connectivity index (χ4n) is 6.72. The zero-order valence-corrected chi connectivity index (χ0v) is 25.2. The highest BCUT2D eigenvalue weighted by Gasteiger charge is 2.32. The number of hydrogen-bond acceptors (Lipinski definition) is 7. The maximum Gasteiger partial charge on any atom is 0.247 e. The molecule has 41 heavy (non-hydrogen) atoms. The van der Waals surface area contributed by atoms with Crippen molar-refractivity contribution < 1.29 is 9.53 Å². The number of ether oxygens (including phenoxy) is 1. The van der Waals surface area contributed by atoms with E-state index < -0.39 is 0 Å². The molecule has 1 aliphatic carbocycles. The summed E-state index contributed by atoms with van der Waals surface area (Å²) < 4.78 is 7.98. The lowest BCUT2D eigenvalue weighted by atomic mass is 9.84. The number of methoxy groups -OCH3 is 1. The highest BCUT2D eigenvalue weighted by Crippen LogP contribution is 2.39. The molecule has 0 spiro atoms. The molecule has 0 radical (unpaired) electrons. The van der Waals surface area contributed by atoms with Gasteiger partial charge in [-0.15, -0.1) is 0 Å². The van der Waals surface area contributed by atoms with Crippen molar-refractivity contribution in [3.63, 3.8) is 0 Å². The highest BCUT2D eigenvalue weighted by atomic mass is 35.5. The van der Waals surface area contributed by atoms with Crippen LogP contribution in [0.15, 0.2) is 41.8 Å². The van der Waals surface area contributed by atoms with Gasteiger partial charge in [0, 0.05) is 80.8 Å². The minimum absolute atomic E-state index is 0.118. The molecule has 3 aliphatic rings. The second kappa shape index (κ2) is 11.6. The van der Waals surface area contributed by atoms with E-state index in [0.29, 0.717) is 34.8 Å². The number of likely N-dealkylation sites (N-methyl/N-ethyl adjacent to an activating group) is 2. The van der Waals surface area contributed by atoms with Gasteiger partial charge in [-0.3, -0.25) is 19.1 Å². The molecule has 3 aromatic rings. The van der Waals surface area contributed by atoms with Crippen molar-refractivity contribution in [1.82, 2.24) is 29.1 Å². The maximum absolute atomic E-state index is 13.0. The van der Waals surface area contributed by atoms with Gasteiger partial charge >= 0.3 is 0 Å². The number of carbonyl (C=O) groups excluding carboxylic acids is 1. The number of benzene rings is 1. The number of anilines is 1. The van der Waals surface area contributed by atoms with Gasteiger partial charge in [0.1, 0.15) is 17.6 Å². The molecule has 1 unspecified atom stereocenters. The Labute approximate surface area is 247 Å². The van der Waals surface area contributed by atoms with Crippen LogP contribution in [0.25, 0.3) is 16.8 Å². The molecular formula is C31H40ClN7O2. The SMILES string of the molecule is COc1cc(-c2nc([C@H]3CC[C@H](N4CCN(C)CC4)CC3)n3ccnc(C)c23)ccc1NC(=O)C1CC(Cl)=CN1C. The van der Waals surface area contributed by atoms with Gasteiger partial charge in [0.2, 0.25) is 5.91 Å². The van der Waals surface area contributed by atoms with Gasteiger partial charge in [0.25, 0.3) is 0 Å². The lowest BCUT2D eigenvalue weighted by Crippen LogP contribution is -2.49. The fraction of sp³-hybridized carbons (Fsp3) is 0.516. The molecule has 10 heteroatoms. The quantitative estimate of drug-likeness (QED) is 0.454. The van der Waals surface area contributed by atoms with Crippen LogP contribution in [0.3, 0.4) is 0 Å². The van der Waals surface area contributed by atoms with E-state index in [9.17, 15) is 4.79 Å². The number of amides is 1. The van der Waals surface area contributed by atoms with Crippen molar-refractivity contribution in [1.29, 1.82) is 0 Å². The normalized spacial score (nSPS) is 24.1. The molecule has 6 rings (SSSR count).